The SMILES string of the molecule is CCNC(=NCc1ccc(C)cc1OCC1CCOC1)NCC(C)(CC)CO. The quantitative estimate of drug-likeness (QED) is 0.422. The van der Waals surface area contributed by atoms with E-state index in [2.05, 4.69) is 49.6 Å². The fraction of sp³-hybridized carbons (Fsp3) is 0.682. The second kappa shape index (κ2) is 11.3. The van der Waals surface area contributed by atoms with Crippen molar-refractivity contribution in [3.63, 3.8) is 0 Å². The van der Waals surface area contributed by atoms with Crippen molar-refractivity contribution in [2.45, 2.75) is 47.1 Å². The van der Waals surface area contributed by atoms with E-state index >= 15 is 0 Å². The summed E-state index contributed by atoms with van der Waals surface area (Å²) in [7, 11) is 0. The lowest BCUT2D eigenvalue weighted by Gasteiger charge is -2.27. The van der Waals surface area contributed by atoms with Gasteiger partial charge in [-0.1, -0.05) is 26.0 Å². The highest BCUT2D eigenvalue weighted by Crippen LogP contribution is 2.23. The number of aryl methyl sites for hydroxylation is 1. The van der Waals surface area contributed by atoms with Crippen LogP contribution in [-0.2, 0) is 11.3 Å². The Bertz CT molecular complexity index is 623. The minimum Gasteiger partial charge on any atom is -0.493 e. The van der Waals surface area contributed by atoms with E-state index in [1.807, 2.05) is 6.92 Å². The van der Waals surface area contributed by atoms with Crippen molar-refractivity contribution in [1.82, 2.24) is 10.6 Å². The molecule has 0 bridgehead atoms. The Morgan fingerprint density at radius 2 is 2.18 bits per heavy atom. The molecule has 6 heteroatoms. The van der Waals surface area contributed by atoms with Crippen molar-refractivity contribution < 1.29 is 14.6 Å². The largest absolute Gasteiger partial charge is 0.493 e. The lowest BCUT2D eigenvalue weighted by atomic mass is 9.89. The zero-order valence-electron chi connectivity index (χ0n) is 17.9. The van der Waals surface area contributed by atoms with Crippen molar-refractivity contribution >= 4 is 5.96 Å². The summed E-state index contributed by atoms with van der Waals surface area (Å²) in [5, 5.41) is 16.3. The third-order valence-corrected chi connectivity index (χ3v) is 5.39. The van der Waals surface area contributed by atoms with Gasteiger partial charge in [-0.3, -0.25) is 0 Å². The topological polar surface area (TPSA) is 75.1 Å². The molecule has 0 aliphatic carbocycles. The molecule has 2 unspecified atom stereocenters. The number of ether oxygens (including phenoxy) is 2. The van der Waals surface area contributed by atoms with Crippen molar-refractivity contribution in [3.05, 3.63) is 29.3 Å². The molecular formula is C22H37N3O3. The highest BCUT2D eigenvalue weighted by Gasteiger charge is 2.21. The van der Waals surface area contributed by atoms with Gasteiger partial charge in [-0.25, -0.2) is 4.99 Å². The number of guanidine groups is 1. The molecule has 3 N–H and O–H groups in total. The van der Waals surface area contributed by atoms with Crippen molar-refractivity contribution in [2.75, 3.05) is 39.5 Å². The second-order valence-electron chi connectivity index (χ2n) is 8.02. The summed E-state index contributed by atoms with van der Waals surface area (Å²) in [6, 6.07) is 6.27. The number of benzene rings is 1. The third kappa shape index (κ3) is 6.99. The minimum atomic E-state index is -0.155. The van der Waals surface area contributed by atoms with Crippen molar-refractivity contribution in [1.29, 1.82) is 0 Å². The summed E-state index contributed by atoms with van der Waals surface area (Å²) in [6.45, 7) is 12.7. The van der Waals surface area contributed by atoms with E-state index in [1.165, 1.54) is 5.56 Å². The van der Waals surface area contributed by atoms with Gasteiger partial charge in [-0.2, -0.15) is 0 Å². The molecule has 0 amide bonds. The third-order valence-electron chi connectivity index (χ3n) is 5.39. The molecule has 2 atom stereocenters. The number of aliphatic hydroxyl groups is 1. The molecule has 1 aliphatic heterocycles. The van der Waals surface area contributed by atoms with Crippen LogP contribution in [0.15, 0.2) is 23.2 Å². The molecule has 2 rings (SSSR count). The average Bonchev–Trinajstić information content (AvgIpc) is 3.23. The first-order valence-corrected chi connectivity index (χ1v) is 10.4. The van der Waals surface area contributed by atoms with Crippen LogP contribution in [0.4, 0.5) is 0 Å². The second-order valence-corrected chi connectivity index (χ2v) is 8.02. The Kier molecular flexibility index (Phi) is 9.06. The monoisotopic (exact) mass is 391 g/mol. The number of hydrogen-bond acceptors (Lipinski definition) is 4. The van der Waals surface area contributed by atoms with E-state index in [-0.39, 0.29) is 12.0 Å². The van der Waals surface area contributed by atoms with Crippen LogP contribution in [0.1, 0.15) is 44.7 Å². The molecule has 0 saturated carbocycles. The summed E-state index contributed by atoms with van der Waals surface area (Å²) in [4.78, 5) is 4.73. The van der Waals surface area contributed by atoms with Crippen LogP contribution in [0.2, 0.25) is 0 Å². The minimum absolute atomic E-state index is 0.150. The van der Waals surface area contributed by atoms with Gasteiger partial charge in [0.1, 0.15) is 5.75 Å². The molecule has 28 heavy (non-hydrogen) atoms. The fourth-order valence-corrected chi connectivity index (χ4v) is 2.94. The van der Waals surface area contributed by atoms with Crippen LogP contribution in [0.3, 0.4) is 0 Å². The van der Waals surface area contributed by atoms with Gasteiger partial charge in [0.25, 0.3) is 0 Å². The molecule has 158 valence electrons. The summed E-state index contributed by atoms with van der Waals surface area (Å²) < 4.78 is 11.6. The van der Waals surface area contributed by atoms with Gasteiger partial charge < -0.3 is 25.2 Å². The molecule has 6 nitrogen and oxygen atoms in total. The normalized spacial score (nSPS) is 19.3. The summed E-state index contributed by atoms with van der Waals surface area (Å²) >= 11 is 0. The average molecular weight is 392 g/mol. The zero-order valence-corrected chi connectivity index (χ0v) is 17.9. The molecule has 0 spiro atoms. The highest BCUT2D eigenvalue weighted by atomic mass is 16.5. The Morgan fingerprint density at radius 1 is 1.36 bits per heavy atom. The Balaban J connectivity index is 2.03. The number of aliphatic hydroxyl groups excluding tert-OH is 1. The van der Waals surface area contributed by atoms with Gasteiger partial charge in [-0.15, -0.1) is 0 Å². The summed E-state index contributed by atoms with van der Waals surface area (Å²) in [5.74, 6) is 2.13. The number of aliphatic imine (C=N–C) groups is 1. The van der Waals surface area contributed by atoms with Gasteiger partial charge in [0, 0.05) is 36.6 Å². The van der Waals surface area contributed by atoms with Gasteiger partial charge in [0.2, 0.25) is 0 Å². The van der Waals surface area contributed by atoms with Gasteiger partial charge >= 0.3 is 0 Å². The van der Waals surface area contributed by atoms with Gasteiger partial charge in [0.15, 0.2) is 5.96 Å². The standard InChI is InChI=1S/C22H37N3O3/c1-5-22(4,16-26)15-25-21(23-6-2)24-12-19-8-7-17(3)11-20(19)28-14-18-9-10-27-13-18/h7-8,11,18,26H,5-6,9-10,12-16H2,1-4H3,(H2,23,24,25). The molecule has 1 heterocycles. The number of rotatable bonds is 10. The predicted molar refractivity (Wildman–Crippen MR) is 114 cm³/mol. The number of nitrogens with zero attached hydrogens (tertiary/aromatic N) is 1. The van der Waals surface area contributed by atoms with Crippen LogP contribution >= 0.6 is 0 Å². The van der Waals surface area contributed by atoms with E-state index in [0.717, 1.165) is 49.9 Å². The molecular weight excluding hydrogens is 354 g/mol. The summed E-state index contributed by atoms with van der Waals surface area (Å²) in [5.41, 5.74) is 2.09. The predicted octanol–water partition coefficient (Wildman–Crippen LogP) is 2.87. The van der Waals surface area contributed by atoms with Crippen LogP contribution < -0.4 is 15.4 Å². The number of nitrogens with one attached hydrogen (secondary N) is 2. The zero-order chi connectivity index (χ0) is 20.4. The first kappa shape index (κ1) is 22.5. The maximum atomic E-state index is 9.62. The first-order valence-electron chi connectivity index (χ1n) is 10.4. The molecule has 1 aliphatic rings. The van der Waals surface area contributed by atoms with Gasteiger partial charge in [-0.05, 0) is 38.3 Å². The van der Waals surface area contributed by atoms with E-state index in [9.17, 15) is 5.11 Å². The van der Waals surface area contributed by atoms with Crippen LogP contribution in [0, 0.1) is 18.3 Å². The van der Waals surface area contributed by atoms with Crippen LogP contribution in [-0.4, -0.2) is 50.6 Å². The molecule has 0 radical (unpaired) electrons. The summed E-state index contributed by atoms with van der Waals surface area (Å²) in [6.07, 6.45) is 1.96. The van der Waals surface area contributed by atoms with Crippen LogP contribution in [0.25, 0.3) is 0 Å². The number of hydrogen-bond donors (Lipinski definition) is 3. The van der Waals surface area contributed by atoms with E-state index in [0.29, 0.717) is 25.6 Å². The molecule has 1 aromatic carbocycles. The highest BCUT2D eigenvalue weighted by molar-refractivity contribution is 5.79. The van der Waals surface area contributed by atoms with Gasteiger partial charge in [0.05, 0.1) is 26.4 Å². The molecule has 1 saturated heterocycles. The Hall–Kier alpha value is -1.79. The van der Waals surface area contributed by atoms with E-state index < -0.39 is 0 Å². The molecule has 0 aromatic heterocycles. The Labute approximate surface area is 169 Å². The van der Waals surface area contributed by atoms with Crippen molar-refractivity contribution in [2.24, 2.45) is 16.3 Å². The van der Waals surface area contributed by atoms with E-state index in [1.54, 1.807) is 0 Å². The molecule has 1 aromatic rings. The lowest BCUT2D eigenvalue weighted by molar-refractivity contribution is 0.140. The molecule has 1 fully saturated rings. The van der Waals surface area contributed by atoms with Crippen molar-refractivity contribution in [3.8, 4) is 5.75 Å². The smallest absolute Gasteiger partial charge is 0.191 e. The lowest BCUT2D eigenvalue weighted by Crippen LogP contribution is -2.43. The van der Waals surface area contributed by atoms with Crippen LogP contribution in [0.5, 0.6) is 5.75 Å². The Morgan fingerprint density at radius 3 is 2.82 bits per heavy atom. The van der Waals surface area contributed by atoms with E-state index in [4.69, 9.17) is 14.5 Å². The fourth-order valence-electron chi connectivity index (χ4n) is 2.94. The maximum Gasteiger partial charge on any atom is 0.191 e. The first-order chi connectivity index (χ1) is 13.5. The maximum absolute atomic E-state index is 9.62.